The average Bonchev–Trinajstić information content (AvgIpc) is 2.66. The number of hydrogen-bond acceptors (Lipinski definition) is 5. The number of methoxy groups -OCH3 is 3. The number of rotatable bonds is 7. The van der Waals surface area contributed by atoms with Crippen molar-refractivity contribution >= 4 is 11.6 Å². The summed E-state index contributed by atoms with van der Waals surface area (Å²) in [5.74, 6) is 0.860. The van der Waals surface area contributed by atoms with E-state index in [1.54, 1.807) is 19.1 Å². The van der Waals surface area contributed by atoms with Gasteiger partial charge in [0.05, 0.1) is 32.9 Å². The van der Waals surface area contributed by atoms with Crippen molar-refractivity contribution in [1.82, 2.24) is 0 Å². The van der Waals surface area contributed by atoms with E-state index in [4.69, 9.17) is 19.9 Å². The topological polar surface area (TPSA) is 82.8 Å². The molecule has 2 atom stereocenters. The molecule has 0 aromatic heterocycles. The lowest BCUT2D eigenvalue weighted by atomic mass is 9.94. The summed E-state index contributed by atoms with van der Waals surface area (Å²) in [5, 5.41) is 2.86. The zero-order valence-corrected chi connectivity index (χ0v) is 14.9. The van der Waals surface area contributed by atoms with Gasteiger partial charge in [-0.3, -0.25) is 4.79 Å². The number of carbonyl (C=O) groups is 1. The highest BCUT2D eigenvalue weighted by atomic mass is 16.5. The standard InChI is InChI=1S/C19H24N2O4/c1-12(18(20)13-8-6-5-7-9-13)19(22)21-14-10-16(24-3)17(25-4)11-15(14)23-2/h5-12,18H,20H2,1-4H3,(H,21,22). The van der Waals surface area contributed by atoms with Crippen LogP contribution in [0.1, 0.15) is 18.5 Å². The van der Waals surface area contributed by atoms with Gasteiger partial charge in [0.15, 0.2) is 11.5 Å². The molecular formula is C19H24N2O4. The van der Waals surface area contributed by atoms with Gasteiger partial charge < -0.3 is 25.3 Å². The number of benzene rings is 2. The van der Waals surface area contributed by atoms with Crippen molar-refractivity contribution < 1.29 is 19.0 Å². The monoisotopic (exact) mass is 344 g/mol. The van der Waals surface area contributed by atoms with E-state index in [1.807, 2.05) is 30.3 Å². The minimum Gasteiger partial charge on any atom is -0.494 e. The van der Waals surface area contributed by atoms with Gasteiger partial charge in [-0.1, -0.05) is 37.3 Å². The second-order valence-electron chi connectivity index (χ2n) is 5.62. The van der Waals surface area contributed by atoms with E-state index < -0.39 is 12.0 Å². The van der Waals surface area contributed by atoms with Crippen LogP contribution in [0.25, 0.3) is 0 Å². The lowest BCUT2D eigenvalue weighted by molar-refractivity contribution is -0.120. The van der Waals surface area contributed by atoms with Crippen molar-refractivity contribution in [2.24, 2.45) is 11.7 Å². The molecule has 0 saturated heterocycles. The molecule has 0 bridgehead atoms. The van der Waals surface area contributed by atoms with Crippen LogP contribution in [0.15, 0.2) is 42.5 Å². The quantitative estimate of drug-likeness (QED) is 0.807. The van der Waals surface area contributed by atoms with Gasteiger partial charge in [0.1, 0.15) is 5.75 Å². The largest absolute Gasteiger partial charge is 0.494 e. The number of hydrogen-bond donors (Lipinski definition) is 2. The maximum absolute atomic E-state index is 12.6. The van der Waals surface area contributed by atoms with Gasteiger partial charge in [0.2, 0.25) is 5.91 Å². The summed E-state index contributed by atoms with van der Waals surface area (Å²) in [6.45, 7) is 1.79. The van der Waals surface area contributed by atoms with Crippen molar-refractivity contribution in [2.45, 2.75) is 13.0 Å². The molecule has 2 unspecified atom stereocenters. The lowest BCUT2D eigenvalue weighted by Gasteiger charge is -2.21. The van der Waals surface area contributed by atoms with Crippen molar-refractivity contribution in [3.63, 3.8) is 0 Å². The van der Waals surface area contributed by atoms with Crippen LogP contribution in [-0.2, 0) is 4.79 Å². The van der Waals surface area contributed by atoms with Crippen LogP contribution in [0.2, 0.25) is 0 Å². The Hall–Kier alpha value is -2.73. The number of nitrogens with two attached hydrogens (primary N) is 1. The SMILES string of the molecule is COc1cc(OC)c(OC)cc1NC(=O)C(C)C(N)c1ccccc1. The first kappa shape index (κ1) is 18.6. The molecule has 6 heteroatoms. The van der Waals surface area contributed by atoms with Gasteiger partial charge in [-0.05, 0) is 5.56 Å². The Morgan fingerprint density at radius 1 is 0.960 bits per heavy atom. The molecule has 0 aliphatic rings. The third kappa shape index (κ3) is 4.22. The molecule has 6 nitrogen and oxygen atoms in total. The summed E-state index contributed by atoms with van der Waals surface area (Å²) < 4.78 is 15.9. The Morgan fingerprint density at radius 2 is 1.52 bits per heavy atom. The zero-order valence-electron chi connectivity index (χ0n) is 14.9. The highest BCUT2D eigenvalue weighted by Crippen LogP contribution is 2.38. The van der Waals surface area contributed by atoms with E-state index in [9.17, 15) is 4.79 Å². The Kier molecular flexibility index (Phi) is 6.25. The molecule has 2 rings (SSSR count). The molecule has 1 amide bonds. The fraction of sp³-hybridized carbons (Fsp3) is 0.316. The van der Waals surface area contributed by atoms with Gasteiger partial charge in [0, 0.05) is 18.2 Å². The number of amides is 1. The van der Waals surface area contributed by atoms with Gasteiger partial charge in [-0.2, -0.15) is 0 Å². The van der Waals surface area contributed by atoms with Crippen LogP contribution in [-0.4, -0.2) is 27.2 Å². The Labute approximate surface area is 147 Å². The predicted molar refractivity (Wildman–Crippen MR) is 97.3 cm³/mol. The van der Waals surface area contributed by atoms with Crippen molar-refractivity contribution in [2.75, 3.05) is 26.6 Å². The first-order valence-corrected chi connectivity index (χ1v) is 7.93. The normalized spacial score (nSPS) is 12.8. The minimum atomic E-state index is -0.430. The molecule has 0 radical (unpaired) electrons. The summed E-state index contributed by atoms with van der Waals surface area (Å²) in [4.78, 5) is 12.6. The summed E-state index contributed by atoms with van der Waals surface area (Å²) in [7, 11) is 4.59. The maximum atomic E-state index is 12.6. The summed E-state index contributed by atoms with van der Waals surface area (Å²) in [6.07, 6.45) is 0. The Morgan fingerprint density at radius 3 is 2.08 bits per heavy atom. The fourth-order valence-electron chi connectivity index (χ4n) is 2.50. The van der Waals surface area contributed by atoms with Crippen LogP contribution < -0.4 is 25.3 Å². The van der Waals surface area contributed by atoms with E-state index in [-0.39, 0.29) is 5.91 Å². The van der Waals surface area contributed by atoms with Crippen molar-refractivity contribution in [3.05, 3.63) is 48.0 Å². The third-order valence-electron chi connectivity index (χ3n) is 4.10. The molecule has 0 spiro atoms. The second kappa shape index (κ2) is 8.39. The maximum Gasteiger partial charge on any atom is 0.229 e. The molecule has 0 aliphatic heterocycles. The molecule has 0 aliphatic carbocycles. The molecule has 25 heavy (non-hydrogen) atoms. The van der Waals surface area contributed by atoms with Gasteiger partial charge in [-0.15, -0.1) is 0 Å². The van der Waals surface area contributed by atoms with Crippen LogP contribution in [0, 0.1) is 5.92 Å². The van der Waals surface area contributed by atoms with Crippen LogP contribution in [0.3, 0.4) is 0 Å². The smallest absolute Gasteiger partial charge is 0.229 e. The number of carbonyl (C=O) groups excluding carboxylic acids is 1. The fourth-order valence-corrected chi connectivity index (χ4v) is 2.50. The first-order chi connectivity index (χ1) is 12.0. The predicted octanol–water partition coefficient (Wildman–Crippen LogP) is 2.99. The van der Waals surface area contributed by atoms with Gasteiger partial charge in [0.25, 0.3) is 0 Å². The first-order valence-electron chi connectivity index (χ1n) is 7.93. The van der Waals surface area contributed by atoms with E-state index in [0.717, 1.165) is 5.56 Å². The Balaban J connectivity index is 2.22. The van der Waals surface area contributed by atoms with E-state index in [2.05, 4.69) is 5.32 Å². The summed E-state index contributed by atoms with van der Waals surface area (Å²) >= 11 is 0. The van der Waals surface area contributed by atoms with Crippen LogP contribution in [0.5, 0.6) is 17.2 Å². The Bertz CT molecular complexity index is 719. The van der Waals surface area contributed by atoms with Crippen molar-refractivity contribution in [1.29, 1.82) is 0 Å². The number of ether oxygens (including phenoxy) is 3. The van der Waals surface area contributed by atoms with Crippen LogP contribution >= 0.6 is 0 Å². The molecule has 2 aromatic carbocycles. The van der Waals surface area contributed by atoms with Gasteiger partial charge in [-0.25, -0.2) is 0 Å². The summed E-state index contributed by atoms with van der Waals surface area (Å²) in [6, 6.07) is 12.4. The van der Waals surface area contributed by atoms with Crippen LogP contribution in [0.4, 0.5) is 5.69 Å². The average molecular weight is 344 g/mol. The third-order valence-corrected chi connectivity index (χ3v) is 4.10. The highest BCUT2D eigenvalue weighted by Gasteiger charge is 2.23. The lowest BCUT2D eigenvalue weighted by Crippen LogP contribution is -2.30. The van der Waals surface area contributed by atoms with E-state index in [0.29, 0.717) is 22.9 Å². The molecular weight excluding hydrogens is 320 g/mol. The molecule has 134 valence electrons. The molecule has 0 saturated carbocycles. The number of anilines is 1. The molecule has 3 N–H and O–H groups in total. The van der Waals surface area contributed by atoms with E-state index in [1.165, 1.54) is 21.3 Å². The number of nitrogens with one attached hydrogen (secondary N) is 1. The van der Waals surface area contributed by atoms with E-state index >= 15 is 0 Å². The van der Waals surface area contributed by atoms with Gasteiger partial charge >= 0.3 is 0 Å². The molecule has 0 fully saturated rings. The summed E-state index contributed by atoms with van der Waals surface area (Å²) in [5.41, 5.74) is 7.63. The van der Waals surface area contributed by atoms with Crippen molar-refractivity contribution in [3.8, 4) is 17.2 Å². The molecule has 2 aromatic rings. The zero-order chi connectivity index (χ0) is 18.4. The second-order valence-corrected chi connectivity index (χ2v) is 5.62. The highest BCUT2D eigenvalue weighted by molar-refractivity contribution is 5.94. The molecule has 0 heterocycles. The minimum absolute atomic E-state index is 0.207.